The van der Waals surface area contributed by atoms with Gasteiger partial charge in [-0.15, -0.1) is 23.1 Å². The topological polar surface area (TPSA) is 267 Å². The Morgan fingerprint density at radius 1 is 1.25 bits per heavy atom. The number of aliphatic carboxylic acids is 2. The number of aromatic nitrogens is 2. The molecule has 250 valence electrons. The molecule has 3 aliphatic heterocycles. The number of nitrogen functional groups attached to an aromatic ring is 1. The van der Waals surface area contributed by atoms with E-state index in [1.54, 1.807) is 22.9 Å². The summed E-state index contributed by atoms with van der Waals surface area (Å²) in [5.41, 5.74) is 3.65. The molecule has 0 bridgehead atoms. The number of anilines is 2. The van der Waals surface area contributed by atoms with E-state index in [9.17, 15) is 44.1 Å². The molecule has 1 saturated heterocycles. The second-order valence-corrected chi connectivity index (χ2v) is 12.9. The van der Waals surface area contributed by atoms with Crippen molar-refractivity contribution < 1.29 is 53.5 Å². The van der Waals surface area contributed by atoms with Crippen LogP contribution in [0.25, 0.3) is 0 Å². The van der Waals surface area contributed by atoms with E-state index < -0.39 is 64.3 Å². The third-order valence-corrected chi connectivity index (χ3v) is 9.06. The number of amides is 3. The number of carboxylic acid groups (broad SMARTS) is 2. The minimum atomic E-state index is -1.80. The second kappa shape index (κ2) is 13.3. The number of aliphatic imine (C=N–C) groups is 1. The number of carbonyl (C=O) groups is 6. The highest BCUT2D eigenvalue weighted by molar-refractivity contribution is 8.00. The van der Waals surface area contributed by atoms with Crippen LogP contribution in [0.1, 0.15) is 19.5 Å². The monoisotopic (exact) mass is 699 g/mol. The largest absolute Gasteiger partial charge is 0.478 e. The predicted molar refractivity (Wildman–Crippen MR) is 168 cm³/mol. The summed E-state index contributed by atoms with van der Waals surface area (Å²) in [6.45, 7) is 2.46. The molecule has 20 heteroatoms. The molecule has 3 amide bonds. The Morgan fingerprint density at radius 2 is 2.00 bits per heavy atom. The highest BCUT2D eigenvalue weighted by Crippen LogP contribution is 2.40. The number of β-lactam (4-membered cyclic amide) rings is 1. The lowest BCUT2D eigenvalue weighted by molar-refractivity contribution is -0.688. The Labute approximate surface area is 278 Å². The van der Waals surface area contributed by atoms with E-state index in [2.05, 4.69) is 25.8 Å². The number of rotatable bonds is 11. The average Bonchev–Trinajstić information content (AvgIpc) is 3.46. The van der Waals surface area contributed by atoms with E-state index in [1.165, 1.54) is 37.2 Å². The maximum atomic E-state index is 13.3. The molecule has 2 aromatic heterocycles. The molecular formula is C28H27N8O10S2+. The quantitative estimate of drug-likeness (QED) is 0.0703. The van der Waals surface area contributed by atoms with E-state index >= 15 is 0 Å². The van der Waals surface area contributed by atoms with Gasteiger partial charge >= 0.3 is 11.9 Å². The van der Waals surface area contributed by atoms with Gasteiger partial charge in [-0.25, -0.2) is 14.6 Å². The minimum Gasteiger partial charge on any atom is -0.478 e. The molecule has 1 fully saturated rings. The molecule has 0 aromatic carbocycles. The number of pyridine rings is 1. The van der Waals surface area contributed by atoms with Gasteiger partial charge in [0.1, 0.15) is 34.2 Å². The first-order valence-electron chi connectivity index (χ1n) is 13.9. The summed E-state index contributed by atoms with van der Waals surface area (Å²) in [4.78, 5) is 88.7. The van der Waals surface area contributed by atoms with Crippen LogP contribution < -0.4 is 20.9 Å². The maximum absolute atomic E-state index is 13.3. The van der Waals surface area contributed by atoms with Crippen LogP contribution in [-0.4, -0.2) is 101 Å². The number of thioether (sulfide) groups is 1. The van der Waals surface area contributed by atoms with Gasteiger partial charge < -0.3 is 36.5 Å². The number of ketones is 1. The lowest BCUT2D eigenvalue weighted by Crippen LogP contribution is -2.71. The van der Waals surface area contributed by atoms with Crippen molar-refractivity contribution in [1.82, 2.24) is 15.2 Å². The van der Waals surface area contributed by atoms with Crippen LogP contribution in [0, 0.1) is 0 Å². The molecule has 5 rings (SSSR count). The summed E-state index contributed by atoms with van der Waals surface area (Å²) >= 11 is 2.20. The summed E-state index contributed by atoms with van der Waals surface area (Å²) in [6.07, 6.45) is 3.60. The van der Waals surface area contributed by atoms with Gasteiger partial charge in [0.25, 0.3) is 17.7 Å². The molecule has 2 aromatic rings. The van der Waals surface area contributed by atoms with Crippen molar-refractivity contribution >= 4 is 81.3 Å². The zero-order chi connectivity index (χ0) is 34.9. The summed E-state index contributed by atoms with van der Waals surface area (Å²) in [7, 11) is 0. The number of carboxylic acids is 2. The zero-order valence-corrected chi connectivity index (χ0v) is 26.7. The molecule has 3 aliphatic rings. The van der Waals surface area contributed by atoms with Crippen molar-refractivity contribution in [3.63, 3.8) is 0 Å². The number of fused-ring (bicyclic) bond motifs is 1. The van der Waals surface area contributed by atoms with Crippen LogP contribution >= 0.6 is 23.1 Å². The fourth-order valence-corrected chi connectivity index (χ4v) is 6.41. The highest BCUT2D eigenvalue weighted by atomic mass is 32.2. The van der Waals surface area contributed by atoms with Gasteiger partial charge in [0.05, 0.1) is 0 Å². The number of hydrogen-bond donors (Lipinski definition) is 6. The van der Waals surface area contributed by atoms with Crippen LogP contribution in [0.3, 0.4) is 0 Å². The molecule has 0 saturated carbocycles. The van der Waals surface area contributed by atoms with Crippen molar-refractivity contribution in [1.29, 1.82) is 0 Å². The number of thiazole rings is 1. The second-order valence-electron chi connectivity index (χ2n) is 10.9. The number of nitrogens with two attached hydrogens (primary N) is 1. The van der Waals surface area contributed by atoms with Crippen LogP contribution in [0.15, 0.2) is 63.1 Å². The zero-order valence-electron chi connectivity index (χ0n) is 25.0. The number of nitrogens with zero attached hydrogens (tertiary/aromatic N) is 5. The first kappa shape index (κ1) is 33.9. The Bertz CT molecular complexity index is 1870. The predicted octanol–water partition coefficient (Wildman–Crippen LogP) is -1.13. The highest BCUT2D eigenvalue weighted by Gasteiger charge is 2.55. The first-order chi connectivity index (χ1) is 22.7. The third-order valence-electron chi connectivity index (χ3n) is 7.04. The number of nitrogens with one attached hydrogen (secondary N) is 2. The van der Waals surface area contributed by atoms with Gasteiger partial charge in [-0.05, 0) is 19.9 Å². The van der Waals surface area contributed by atoms with Crippen LogP contribution in [-0.2, 0) is 40.1 Å². The normalized spacial score (nSPS) is 20.8. The number of aliphatic hydroxyl groups excluding tert-OH is 1. The molecule has 18 nitrogen and oxygen atoms in total. The van der Waals surface area contributed by atoms with E-state index in [1.807, 2.05) is 0 Å². The molecule has 48 heavy (non-hydrogen) atoms. The molecule has 0 aliphatic carbocycles. The van der Waals surface area contributed by atoms with Crippen LogP contribution in [0.2, 0.25) is 0 Å². The van der Waals surface area contributed by atoms with Crippen molar-refractivity contribution in [2.75, 3.05) is 16.8 Å². The molecule has 3 atom stereocenters. The van der Waals surface area contributed by atoms with Crippen molar-refractivity contribution in [3.05, 3.63) is 58.6 Å². The Morgan fingerprint density at radius 3 is 2.65 bits per heavy atom. The summed E-state index contributed by atoms with van der Waals surface area (Å²) in [5, 5.41) is 38.4. The van der Waals surface area contributed by atoms with Crippen LogP contribution in [0.4, 0.5) is 10.8 Å². The van der Waals surface area contributed by atoms with E-state index in [4.69, 9.17) is 10.6 Å². The van der Waals surface area contributed by atoms with E-state index in [0.29, 0.717) is 11.3 Å². The minimum absolute atomic E-state index is 0.0181. The average molecular weight is 700 g/mol. The van der Waals surface area contributed by atoms with Gasteiger partial charge in [-0.2, -0.15) is 4.57 Å². The Balaban J connectivity index is 1.31. The van der Waals surface area contributed by atoms with Gasteiger partial charge in [0.2, 0.25) is 5.60 Å². The smallest absolute Gasteiger partial charge is 0.352 e. The Kier molecular flexibility index (Phi) is 9.41. The van der Waals surface area contributed by atoms with Crippen LogP contribution in [0.5, 0.6) is 0 Å². The van der Waals surface area contributed by atoms with Crippen molar-refractivity contribution in [2.45, 2.75) is 43.5 Å². The summed E-state index contributed by atoms with van der Waals surface area (Å²) < 4.78 is 1.59. The van der Waals surface area contributed by atoms with E-state index in [0.717, 1.165) is 28.5 Å². The number of aliphatic hydroxyl groups is 1. The first-order valence-corrected chi connectivity index (χ1v) is 15.8. The molecule has 7 N–H and O–H groups in total. The molecule has 0 spiro atoms. The van der Waals surface area contributed by atoms with Gasteiger partial charge in [-0.1, -0.05) is 5.16 Å². The molecule has 1 unspecified atom stereocenters. The van der Waals surface area contributed by atoms with Gasteiger partial charge in [0, 0.05) is 35.1 Å². The Hall–Kier alpha value is -5.47. The van der Waals surface area contributed by atoms with Gasteiger partial charge in [0.15, 0.2) is 41.7 Å². The number of hydrogen-bond acceptors (Lipinski definition) is 14. The number of oxime groups is 1. The molecule has 0 radical (unpaired) electrons. The lowest BCUT2D eigenvalue weighted by Gasteiger charge is -2.49. The lowest BCUT2D eigenvalue weighted by atomic mass is 10.0. The fourth-order valence-electron chi connectivity index (χ4n) is 4.53. The van der Waals surface area contributed by atoms with E-state index in [-0.39, 0.29) is 34.5 Å². The number of carbonyl (C=O) groups excluding carboxylic acids is 4. The van der Waals surface area contributed by atoms with Crippen molar-refractivity contribution in [3.8, 4) is 0 Å². The third kappa shape index (κ3) is 6.94. The summed E-state index contributed by atoms with van der Waals surface area (Å²) in [6, 6.07) is 2.01. The molecule has 5 heterocycles. The maximum Gasteiger partial charge on any atom is 0.352 e. The SMILES string of the molecule is CC(C)(ON=C(C(=O)N[C@@H]1C(=O)N2C(C(=O)O)=C(C[n+]3cccc(NC(=O)C4=CC(=O)C(O)C=N4)c3)CS[C@@H]12)c1csc(N)n1)C(=O)O. The van der Waals surface area contributed by atoms with Gasteiger partial charge in [-0.3, -0.25) is 29.1 Å². The standard InChI is InChI=1S/C28H26N8O10S2/c1-28(2,26(44)45)46-34-18(15-11-48-27(29)32-15)22(40)33-19-23(41)36-20(25(42)43)12(10-47-24(19)36)8-35-5-3-4-13(9-35)31-21(39)14-6-16(37)17(38)7-30-14/h3-7,9,11,17,19,24,38H,8,10H2,1-2H3,(H5-,29,31,32,33,39,40,42,43,44,45)/p+1/t17?,19-,24+/m1/s1. The summed E-state index contributed by atoms with van der Waals surface area (Å²) in [5.74, 6) is -5.56. The molecular weight excluding hydrogens is 672 g/mol. The van der Waals surface area contributed by atoms with Crippen molar-refractivity contribution in [2.24, 2.45) is 10.1 Å². The fraction of sp³-hybridized carbons (Fsp3) is 0.286.